The summed E-state index contributed by atoms with van der Waals surface area (Å²) < 4.78 is 0. The van der Waals surface area contributed by atoms with Crippen LogP contribution in [0.2, 0.25) is 0 Å². The second-order valence-corrected chi connectivity index (χ2v) is 3.86. The molecule has 0 aromatic rings. The fraction of sp³-hybridized carbons (Fsp3) is 1.00. The molecular weight excluding hydrogens is 208 g/mol. The summed E-state index contributed by atoms with van der Waals surface area (Å²) in [5.74, 6) is 0.0833. The van der Waals surface area contributed by atoms with Crippen LogP contribution in [0.4, 0.5) is 0 Å². The quantitative estimate of drug-likeness (QED) is 0.472. The summed E-state index contributed by atoms with van der Waals surface area (Å²) in [6.07, 6.45) is 3.78. The molecule has 0 aliphatic rings. The second kappa shape index (κ2) is 14.8. The first-order chi connectivity index (χ1) is 7.67. The first-order valence-corrected chi connectivity index (χ1v) is 6.18. The molecule has 0 rings (SSSR count). The van der Waals surface area contributed by atoms with Crippen LogP contribution >= 0.6 is 0 Å². The van der Waals surface area contributed by atoms with Crippen molar-refractivity contribution in [1.29, 1.82) is 0 Å². The van der Waals surface area contributed by atoms with Crippen LogP contribution in [-0.4, -0.2) is 46.4 Å². The highest BCUT2D eigenvalue weighted by Crippen LogP contribution is 2.11. The van der Waals surface area contributed by atoms with Crippen LogP contribution < -0.4 is 0 Å². The molecule has 4 heteroatoms. The summed E-state index contributed by atoms with van der Waals surface area (Å²) in [6, 6.07) is 0. The Labute approximate surface area is 98.9 Å². The first kappa shape index (κ1) is 18.2. The van der Waals surface area contributed by atoms with Crippen molar-refractivity contribution in [2.45, 2.75) is 52.1 Å². The number of rotatable bonds is 8. The fourth-order valence-corrected chi connectivity index (χ4v) is 1.28. The van der Waals surface area contributed by atoms with Crippen molar-refractivity contribution in [3.63, 3.8) is 0 Å². The first-order valence-electron chi connectivity index (χ1n) is 6.18. The molecule has 0 saturated carbocycles. The summed E-state index contributed by atoms with van der Waals surface area (Å²) in [5, 5.41) is 34.3. The van der Waals surface area contributed by atoms with Gasteiger partial charge in [-0.1, -0.05) is 20.3 Å². The number of hydrogen-bond acceptors (Lipinski definition) is 4. The Morgan fingerprint density at radius 2 is 1.44 bits per heavy atom. The Morgan fingerprint density at radius 1 is 0.938 bits per heavy atom. The molecule has 4 nitrogen and oxygen atoms in total. The van der Waals surface area contributed by atoms with E-state index in [2.05, 4.69) is 0 Å². The minimum Gasteiger partial charge on any atom is -0.396 e. The van der Waals surface area contributed by atoms with Gasteiger partial charge in [0.15, 0.2) is 0 Å². The van der Waals surface area contributed by atoms with Crippen molar-refractivity contribution >= 4 is 0 Å². The third-order valence-electron chi connectivity index (χ3n) is 2.45. The third-order valence-corrected chi connectivity index (χ3v) is 2.45. The third kappa shape index (κ3) is 11.9. The Bertz CT molecular complexity index is 112. The van der Waals surface area contributed by atoms with Gasteiger partial charge in [-0.05, 0) is 25.7 Å². The number of hydrogen-bond donors (Lipinski definition) is 4. The molecule has 16 heavy (non-hydrogen) atoms. The van der Waals surface area contributed by atoms with E-state index >= 15 is 0 Å². The highest BCUT2D eigenvalue weighted by atomic mass is 16.3. The monoisotopic (exact) mass is 236 g/mol. The maximum Gasteiger partial charge on any atom is 0.0590 e. The molecule has 0 saturated heterocycles. The van der Waals surface area contributed by atoms with Crippen LogP contribution in [0.15, 0.2) is 0 Å². The minimum absolute atomic E-state index is 0.0833. The van der Waals surface area contributed by atoms with Gasteiger partial charge in [0.05, 0.1) is 6.10 Å². The van der Waals surface area contributed by atoms with Crippen LogP contribution in [0.3, 0.4) is 0 Å². The molecule has 0 aromatic heterocycles. The lowest BCUT2D eigenvalue weighted by molar-refractivity contribution is 0.0584. The van der Waals surface area contributed by atoms with E-state index < -0.39 is 0 Å². The molecular formula is C12H28O4. The van der Waals surface area contributed by atoms with Gasteiger partial charge in [0, 0.05) is 25.7 Å². The average Bonchev–Trinajstić information content (AvgIpc) is 2.29. The molecule has 0 radical (unpaired) electrons. The standard InChI is InChI=1S/C8H18O2.C4H10O2/c1-3-5-8(10)7(4-2)6-9;5-3-1-2-4-6/h7-10H,3-6H2,1-2H3;5-6H,1-4H2. The van der Waals surface area contributed by atoms with Crippen LogP contribution in [-0.2, 0) is 0 Å². The lowest BCUT2D eigenvalue weighted by Crippen LogP contribution is -2.22. The lowest BCUT2D eigenvalue weighted by atomic mass is 9.97. The normalized spacial score (nSPS) is 13.9. The Balaban J connectivity index is 0. The molecule has 0 heterocycles. The molecule has 0 fully saturated rings. The molecule has 0 bridgehead atoms. The molecule has 2 atom stereocenters. The van der Waals surface area contributed by atoms with Crippen LogP contribution in [0.25, 0.3) is 0 Å². The van der Waals surface area contributed by atoms with E-state index in [0.717, 1.165) is 32.1 Å². The van der Waals surface area contributed by atoms with Crippen molar-refractivity contribution in [3.8, 4) is 0 Å². The van der Waals surface area contributed by atoms with Gasteiger partial charge >= 0.3 is 0 Å². The molecule has 0 aliphatic heterocycles. The molecule has 0 spiro atoms. The lowest BCUT2D eigenvalue weighted by Gasteiger charge is -2.17. The fourth-order valence-electron chi connectivity index (χ4n) is 1.28. The van der Waals surface area contributed by atoms with Crippen molar-refractivity contribution in [3.05, 3.63) is 0 Å². The number of aliphatic hydroxyl groups is 4. The minimum atomic E-state index is -0.306. The van der Waals surface area contributed by atoms with Gasteiger partial charge in [0.1, 0.15) is 0 Å². The van der Waals surface area contributed by atoms with Gasteiger partial charge < -0.3 is 20.4 Å². The van der Waals surface area contributed by atoms with Crippen LogP contribution in [0.1, 0.15) is 46.0 Å². The second-order valence-electron chi connectivity index (χ2n) is 3.86. The molecule has 0 aromatic carbocycles. The number of aliphatic hydroxyl groups excluding tert-OH is 4. The molecule has 100 valence electrons. The van der Waals surface area contributed by atoms with Gasteiger partial charge in [-0.2, -0.15) is 0 Å². The summed E-state index contributed by atoms with van der Waals surface area (Å²) in [6.45, 7) is 4.52. The summed E-state index contributed by atoms with van der Waals surface area (Å²) in [5.41, 5.74) is 0. The van der Waals surface area contributed by atoms with E-state index in [9.17, 15) is 5.11 Å². The SMILES string of the molecule is CCCC(O)C(CC)CO.OCCCCO. The molecule has 0 amide bonds. The Hall–Kier alpha value is -0.160. The van der Waals surface area contributed by atoms with Crippen molar-refractivity contribution in [2.75, 3.05) is 19.8 Å². The number of unbranched alkanes of at least 4 members (excludes halogenated alkanes) is 1. The van der Waals surface area contributed by atoms with Gasteiger partial charge in [-0.25, -0.2) is 0 Å². The predicted molar refractivity (Wildman–Crippen MR) is 65.2 cm³/mol. The predicted octanol–water partition coefficient (Wildman–Crippen LogP) is 0.917. The van der Waals surface area contributed by atoms with Crippen molar-refractivity contribution in [1.82, 2.24) is 0 Å². The van der Waals surface area contributed by atoms with Crippen LogP contribution in [0.5, 0.6) is 0 Å². The topological polar surface area (TPSA) is 80.9 Å². The molecule has 2 unspecified atom stereocenters. The van der Waals surface area contributed by atoms with Gasteiger partial charge in [0.2, 0.25) is 0 Å². The van der Waals surface area contributed by atoms with Crippen LogP contribution in [0, 0.1) is 5.92 Å². The Kier molecular flexibility index (Phi) is 16.9. The van der Waals surface area contributed by atoms with E-state index in [1.165, 1.54) is 0 Å². The van der Waals surface area contributed by atoms with Crippen molar-refractivity contribution < 1.29 is 20.4 Å². The van der Waals surface area contributed by atoms with E-state index in [1.807, 2.05) is 13.8 Å². The highest BCUT2D eigenvalue weighted by molar-refractivity contribution is 4.65. The molecule has 0 aliphatic carbocycles. The van der Waals surface area contributed by atoms with Gasteiger partial charge in [-0.3, -0.25) is 0 Å². The zero-order chi connectivity index (χ0) is 12.8. The van der Waals surface area contributed by atoms with E-state index in [4.69, 9.17) is 15.3 Å². The summed E-state index contributed by atoms with van der Waals surface area (Å²) in [4.78, 5) is 0. The van der Waals surface area contributed by atoms with Gasteiger partial charge in [0.25, 0.3) is 0 Å². The van der Waals surface area contributed by atoms with E-state index in [0.29, 0.717) is 0 Å². The Morgan fingerprint density at radius 3 is 1.69 bits per heavy atom. The maximum absolute atomic E-state index is 9.35. The average molecular weight is 236 g/mol. The zero-order valence-corrected chi connectivity index (χ0v) is 10.6. The summed E-state index contributed by atoms with van der Waals surface area (Å²) in [7, 11) is 0. The summed E-state index contributed by atoms with van der Waals surface area (Å²) >= 11 is 0. The maximum atomic E-state index is 9.35. The van der Waals surface area contributed by atoms with E-state index in [1.54, 1.807) is 0 Å². The highest BCUT2D eigenvalue weighted by Gasteiger charge is 2.14. The van der Waals surface area contributed by atoms with Gasteiger partial charge in [-0.15, -0.1) is 0 Å². The van der Waals surface area contributed by atoms with Crippen molar-refractivity contribution in [2.24, 2.45) is 5.92 Å². The largest absolute Gasteiger partial charge is 0.396 e. The van der Waals surface area contributed by atoms with E-state index in [-0.39, 0.29) is 31.8 Å². The zero-order valence-electron chi connectivity index (χ0n) is 10.6. The molecule has 4 N–H and O–H groups in total. The smallest absolute Gasteiger partial charge is 0.0590 e.